The highest BCUT2D eigenvalue weighted by Crippen LogP contribution is 2.19. The van der Waals surface area contributed by atoms with Crippen molar-refractivity contribution in [2.24, 2.45) is 0 Å². The maximum absolute atomic E-state index is 4.44. The topological polar surface area (TPSA) is 51.6 Å². The third kappa shape index (κ3) is 4.12. The van der Waals surface area contributed by atoms with Gasteiger partial charge in [0.1, 0.15) is 0 Å². The zero-order chi connectivity index (χ0) is 18.5. The molecule has 27 heavy (non-hydrogen) atoms. The van der Waals surface area contributed by atoms with Crippen molar-refractivity contribution < 1.29 is 0 Å². The first-order valence-corrected chi connectivity index (χ1v) is 8.72. The van der Waals surface area contributed by atoms with Crippen LogP contribution in [-0.2, 0) is 0 Å². The van der Waals surface area contributed by atoms with Gasteiger partial charge in [-0.15, -0.1) is 0 Å². The van der Waals surface area contributed by atoms with Crippen molar-refractivity contribution in [3.05, 3.63) is 96.1 Å². The molecule has 0 bridgehead atoms. The largest absolute Gasteiger partial charge is 0.255 e. The van der Waals surface area contributed by atoms with E-state index < -0.39 is 0 Å². The Morgan fingerprint density at radius 2 is 1.11 bits per heavy atom. The van der Waals surface area contributed by atoms with E-state index in [1.165, 1.54) is 5.56 Å². The van der Waals surface area contributed by atoms with Crippen LogP contribution in [0.3, 0.4) is 0 Å². The van der Waals surface area contributed by atoms with Crippen LogP contribution in [0.25, 0.3) is 34.9 Å². The summed E-state index contributed by atoms with van der Waals surface area (Å²) < 4.78 is 0. The van der Waals surface area contributed by atoms with Crippen LogP contribution in [0, 0.1) is 6.92 Å². The molecule has 0 fully saturated rings. The number of hydrogen-bond acceptors (Lipinski definition) is 4. The van der Waals surface area contributed by atoms with Crippen LogP contribution in [0.1, 0.15) is 16.7 Å². The van der Waals surface area contributed by atoms with Crippen molar-refractivity contribution >= 4 is 12.2 Å². The van der Waals surface area contributed by atoms with Crippen LogP contribution >= 0.6 is 0 Å². The van der Waals surface area contributed by atoms with Crippen molar-refractivity contribution in [3.8, 4) is 22.8 Å². The molecule has 0 unspecified atom stereocenters. The van der Waals surface area contributed by atoms with Gasteiger partial charge < -0.3 is 0 Å². The minimum absolute atomic E-state index is 0.858. The van der Waals surface area contributed by atoms with E-state index in [4.69, 9.17) is 0 Å². The molecule has 0 N–H and O–H groups in total. The van der Waals surface area contributed by atoms with E-state index in [1.54, 1.807) is 12.4 Å². The second kappa shape index (κ2) is 7.70. The van der Waals surface area contributed by atoms with Gasteiger partial charge in [0.25, 0.3) is 0 Å². The van der Waals surface area contributed by atoms with E-state index in [0.717, 1.165) is 33.9 Å². The molecule has 130 valence electrons. The van der Waals surface area contributed by atoms with Gasteiger partial charge in [-0.2, -0.15) is 0 Å². The average Bonchev–Trinajstić information content (AvgIpc) is 2.73. The highest BCUT2D eigenvalue weighted by Gasteiger charge is 2.02. The van der Waals surface area contributed by atoms with E-state index in [9.17, 15) is 0 Å². The summed E-state index contributed by atoms with van der Waals surface area (Å²) in [6.45, 7) is 2.05. The fourth-order valence-corrected chi connectivity index (χ4v) is 2.76. The third-order valence-electron chi connectivity index (χ3n) is 4.14. The Morgan fingerprint density at radius 1 is 0.556 bits per heavy atom. The molecule has 0 aliphatic heterocycles. The summed E-state index contributed by atoms with van der Waals surface area (Å²) in [7, 11) is 0. The summed E-state index contributed by atoms with van der Waals surface area (Å²) in [5, 5.41) is 0. The lowest BCUT2D eigenvalue weighted by Crippen LogP contribution is -1.89. The van der Waals surface area contributed by atoms with Gasteiger partial charge in [0.2, 0.25) is 0 Å². The number of aromatic nitrogens is 4. The molecule has 4 aromatic rings. The molecule has 0 aliphatic carbocycles. The molecule has 0 spiro atoms. The van der Waals surface area contributed by atoms with Crippen molar-refractivity contribution in [1.82, 2.24) is 19.9 Å². The maximum atomic E-state index is 4.44. The number of nitrogens with zero attached hydrogens (tertiary/aromatic N) is 4. The van der Waals surface area contributed by atoms with Gasteiger partial charge in [-0.3, -0.25) is 19.9 Å². The first kappa shape index (κ1) is 16.8. The number of aryl methyl sites for hydroxylation is 1. The lowest BCUT2D eigenvalue weighted by atomic mass is 10.1. The summed E-state index contributed by atoms with van der Waals surface area (Å²) in [5.41, 5.74) is 6.77. The smallest absolute Gasteiger partial charge is 0.0892 e. The van der Waals surface area contributed by atoms with Gasteiger partial charge in [0, 0.05) is 24.8 Å². The fourth-order valence-electron chi connectivity index (χ4n) is 2.76. The highest BCUT2D eigenvalue weighted by atomic mass is 14.8. The average molecular weight is 350 g/mol. The molecule has 4 heteroatoms. The van der Waals surface area contributed by atoms with Gasteiger partial charge in [-0.1, -0.05) is 18.2 Å². The quantitative estimate of drug-likeness (QED) is 0.515. The first-order valence-electron chi connectivity index (χ1n) is 8.72. The van der Waals surface area contributed by atoms with E-state index in [2.05, 4.69) is 39.0 Å². The summed E-state index contributed by atoms with van der Waals surface area (Å²) in [5.74, 6) is 0. The number of rotatable bonds is 4. The van der Waals surface area contributed by atoms with E-state index in [1.807, 2.05) is 67.0 Å². The number of pyridine rings is 4. The Balaban J connectivity index is 1.60. The summed E-state index contributed by atoms with van der Waals surface area (Å²) in [6.07, 6.45) is 11.3. The lowest BCUT2D eigenvalue weighted by Gasteiger charge is -2.03. The van der Waals surface area contributed by atoms with Crippen molar-refractivity contribution in [3.63, 3.8) is 0 Å². The second-order valence-electron chi connectivity index (χ2n) is 6.22. The molecule has 0 atom stereocenters. The molecule has 0 aliphatic rings. The van der Waals surface area contributed by atoms with Gasteiger partial charge in [-0.05, 0) is 72.1 Å². The Hall–Kier alpha value is -3.66. The summed E-state index contributed by atoms with van der Waals surface area (Å²) >= 11 is 0. The van der Waals surface area contributed by atoms with Crippen molar-refractivity contribution in [1.29, 1.82) is 0 Å². The van der Waals surface area contributed by atoms with Crippen LogP contribution in [0.5, 0.6) is 0 Å². The molecule has 0 saturated heterocycles. The normalized spacial score (nSPS) is 11.0. The van der Waals surface area contributed by atoms with E-state index in [-0.39, 0.29) is 0 Å². The molecule has 4 rings (SSSR count). The SMILES string of the molecule is Cc1ccnc(-c2cc(/C=C/c3ccnc(-c4ccccn4)c3)ccn2)c1. The lowest BCUT2D eigenvalue weighted by molar-refractivity contribution is 1.23. The zero-order valence-electron chi connectivity index (χ0n) is 14.9. The maximum Gasteiger partial charge on any atom is 0.0892 e. The number of hydrogen-bond donors (Lipinski definition) is 0. The van der Waals surface area contributed by atoms with Gasteiger partial charge in [-0.25, -0.2) is 0 Å². The van der Waals surface area contributed by atoms with Crippen LogP contribution in [0.4, 0.5) is 0 Å². The Kier molecular flexibility index (Phi) is 4.79. The predicted molar refractivity (Wildman–Crippen MR) is 109 cm³/mol. The highest BCUT2D eigenvalue weighted by molar-refractivity contribution is 5.73. The molecule has 4 heterocycles. The minimum Gasteiger partial charge on any atom is -0.255 e. The van der Waals surface area contributed by atoms with Gasteiger partial charge in [0.15, 0.2) is 0 Å². The molecule has 0 aromatic carbocycles. The third-order valence-corrected chi connectivity index (χ3v) is 4.14. The van der Waals surface area contributed by atoms with E-state index in [0.29, 0.717) is 0 Å². The zero-order valence-corrected chi connectivity index (χ0v) is 14.9. The molecule has 4 nitrogen and oxygen atoms in total. The van der Waals surface area contributed by atoms with Crippen LogP contribution in [0.2, 0.25) is 0 Å². The molecular weight excluding hydrogens is 332 g/mol. The van der Waals surface area contributed by atoms with Crippen LogP contribution in [0.15, 0.2) is 79.4 Å². The Bertz CT molecular complexity index is 1090. The predicted octanol–water partition coefficient (Wildman–Crippen LogP) is 5.08. The summed E-state index contributed by atoms with van der Waals surface area (Å²) in [6, 6.07) is 17.9. The van der Waals surface area contributed by atoms with E-state index >= 15 is 0 Å². The summed E-state index contributed by atoms with van der Waals surface area (Å²) in [4.78, 5) is 17.6. The fraction of sp³-hybridized carbons (Fsp3) is 0.0435. The first-order chi connectivity index (χ1) is 13.3. The van der Waals surface area contributed by atoms with Gasteiger partial charge in [0.05, 0.1) is 22.8 Å². The van der Waals surface area contributed by atoms with Crippen LogP contribution in [-0.4, -0.2) is 19.9 Å². The minimum atomic E-state index is 0.858. The Labute approximate surface area is 158 Å². The standard InChI is InChI=1S/C23H18N4/c1-17-7-11-25-21(14-17)23-16-19(9-13-27-23)6-5-18-8-12-26-22(15-18)20-4-2-3-10-24-20/h2-16H,1H3/b6-5+. The molecule has 0 saturated carbocycles. The van der Waals surface area contributed by atoms with Crippen molar-refractivity contribution in [2.45, 2.75) is 6.92 Å². The molecule has 4 aromatic heterocycles. The van der Waals surface area contributed by atoms with Crippen molar-refractivity contribution in [2.75, 3.05) is 0 Å². The monoisotopic (exact) mass is 350 g/mol. The molecule has 0 amide bonds. The second-order valence-corrected chi connectivity index (χ2v) is 6.22. The van der Waals surface area contributed by atoms with Gasteiger partial charge >= 0.3 is 0 Å². The molecular formula is C23H18N4. The van der Waals surface area contributed by atoms with Crippen LogP contribution < -0.4 is 0 Å². The Morgan fingerprint density at radius 3 is 1.70 bits per heavy atom. The molecule has 0 radical (unpaired) electrons.